The smallest absolute Gasteiger partial charge is 0.186 e. The molecular formula is C13H14N2S2. The Balaban J connectivity index is 1.98. The number of anilines is 1. The van der Waals surface area contributed by atoms with Crippen molar-refractivity contribution in [1.82, 2.24) is 4.98 Å². The van der Waals surface area contributed by atoms with Crippen molar-refractivity contribution in [1.29, 1.82) is 0 Å². The predicted molar refractivity (Wildman–Crippen MR) is 77.4 cm³/mol. The Bertz CT molecular complexity index is 560. The minimum absolute atomic E-state index is 0.995. The van der Waals surface area contributed by atoms with E-state index in [1.807, 2.05) is 0 Å². The van der Waals surface area contributed by atoms with E-state index in [9.17, 15) is 0 Å². The van der Waals surface area contributed by atoms with Crippen LogP contribution in [-0.2, 0) is 0 Å². The van der Waals surface area contributed by atoms with E-state index >= 15 is 0 Å². The van der Waals surface area contributed by atoms with E-state index in [4.69, 9.17) is 4.98 Å². The summed E-state index contributed by atoms with van der Waals surface area (Å²) in [6.07, 6.45) is 7.71. The van der Waals surface area contributed by atoms with E-state index in [-0.39, 0.29) is 0 Å². The zero-order valence-corrected chi connectivity index (χ0v) is 11.4. The third-order valence-electron chi connectivity index (χ3n) is 2.91. The Kier molecular flexibility index (Phi) is 3.07. The summed E-state index contributed by atoms with van der Waals surface area (Å²) >= 11 is 3.58. The van der Waals surface area contributed by atoms with E-state index in [1.54, 1.807) is 23.1 Å². The number of nitrogens with zero attached hydrogens (tertiary/aromatic N) is 2. The predicted octanol–water partition coefficient (Wildman–Crippen LogP) is 3.78. The second-order valence-electron chi connectivity index (χ2n) is 4.04. The molecule has 1 aromatic heterocycles. The van der Waals surface area contributed by atoms with Gasteiger partial charge in [-0.2, -0.15) is 0 Å². The van der Waals surface area contributed by atoms with Crippen LogP contribution in [0.15, 0.2) is 35.2 Å². The fourth-order valence-corrected chi connectivity index (χ4v) is 3.52. The topological polar surface area (TPSA) is 16.1 Å². The zero-order valence-electron chi connectivity index (χ0n) is 9.72. The molecule has 0 saturated heterocycles. The number of fused-ring (bicyclic) bond motifs is 1. The van der Waals surface area contributed by atoms with E-state index < -0.39 is 0 Å². The monoisotopic (exact) mass is 262 g/mol. The molecule has 0 saturated carbocycles. The molecule has 1 aliphatic rings. The number of hydrogen-bond acceptors (Lipinski definition) is 4. The molecule has 0 radical (unpaired) electrons. The molecule has 2 heterocycles. The Morgan fingerprint density at radius 3 is 3.06 bits per heavy atom. The lowest BCUT2D eigenvalue weighted by Gasteiger charge is -2.21. The second kappa shape index (κ2) is 4.70. The maximum Gasteiger partial charge on any atom is 0.186 e. The van der Waals surface area contributed by atoms with Crippen LogP contribution in [0.2, 0.25) is 0 Å². The molecule has 1 aromatic carbocycles. The highest BCUT2D eigenvalue weighted by molar-refractivity contribution is 7.98. The average molecular weight is 262 g/mol. The summed E-state index contributed by atoms with van der Waals surface area (Å²) in [5.74, 6) is 0. The van der Waals surface area contributed by atoms with Gasteiger partial charge in [0.2, 0.25) is 0 Å². The maximum absolute atomic E-state index is 4.71. The fourth-order valence-electron chi connectivity index (χ4n) is 1.97. The molecule has 3 rings (SSSR count). The third-order valence-corrected chi connectivity index (χ3v) is 4.72. The van der Waals surface area contributed by atoms with E-state index in [2.05, 4.69) is 41.5 Å². The van der Waals surface area contributed by atoms with Crippen molar-refractivity contribution in [2.75, 3.05) is 24.2 Å². The molecule has 2 nitrogen and oxygen atoms in total. The summed E-state index contributed by atoms with van der Waals surface area (Å²) in [5.41, 5.74) is 1.12. The summed E-state index contributed by atoms with van der Waals surface area (Å²) in [7, 11) is 0. The van der Waals surface area contributed by atoms with Gasteiger partial charge in [0.15, 0.2) is 5.13 Å². The van der Waals surface area contributed by atoms with Crippen LogP contribution in [-0.4, -0.2) is 24.3 Å². The van der Waals surface area contributed by atoms with Crippen LogP contribution >= 0.6 is 23.1 Å². The van der Waals surface area contributed by atoms with Crippen molar-refractivity contribution in [2.45, 2.75) is 11.3 Å². The van der Waals surface area contributed by atoms with E-state index in [0.717, 1.165) is 30.2 Å². The molecule has 0 fully saturated rings. The molecule has 1 aliphatic heterocycles. The number of thiazole rings is 1. The van der Waals surface area contributed by atoms with Crippen molar-refractivity contribution in [3.8, 4) is 0 Å². The van der Waals surface area contributed by atoms with Crippen LogP contribution in [0.4, 0.5) is 5.13 Å². The van der Waals surface area contributed by atoms with Gasteiger partial charge in [-0.1, -0.05) is 23.5 Å². The van der Waals surface area contributed by atoms with Crippen LogP contribution in [0.1, 0.15) is 6.42 Å². The summed E-state index contributed by atoms with van der Waals surface area (Å²) in [4.78, 5) is 8.38. The number of aromatic nitrogens is 1. The van der Waals surface area contributed by atoms with Gasteiger partial charge >= 0.3 is 0 Å². The van der Waals surface area contributed by atoms with Gasteiger partial charge in [-0.3, -0.25) is 0 Å². The Hall–Kier alpha value is -1.00. The Morgan fingerprint density at radius 2 is 2.29 bits per heavy atom. The summed E-state index contributed by atoms with van der Waals surface area (Å²) in [5, 5.41) is 1.16. The van der Waals surface area contributed by atoms with E-state index in [0.29, 0.717) is 0 Å². The van der Waals surface area contributed by atoms with Crippen molar-refractivity contribution in [2.24, 2.45) is 0 Å². The standard InChI is InChI=1S/C13H14N2S2/c1-16-10-5-6-11-12(9-10)17-13(14-11)15-7-3-2-4-8-15/h2-3,5-6,9H,4,7-8H2,1H3. The maximum atomic E-state index is 4.71. The minimum atomic E-state index is 0.995. The molecule has 0 atom stereocenters. The largest absolute Gasteiger partial charge is 0.344 e. The molecule has 0 unspecified atom stereocenters. The van der Waals surface area contributed by atoms with Gasteiger partial charge in [0.1, 0.15) is 0 Å². The van der Waals surface area contributed by atoms with Crippen LogP contribution < -0.4 is 4.90 Å². The van der Waals surface area contributed by atoms with Gasteiger partial charge in [-0.25, -0.2) is 4.98 Å². The van der Waals surface area contributed by atoms with Crippen LogP contribution in [0.5, 0.6) is 0 Å². The average Bonchev–Trinajstić information content (AvgIpc) is 2.82. The number of thioether (sulfide) groups is 1. The molecule has 0 bridgehead atoms. The van der Waals surface area contributed by atoms with Crippen molar-refractivity contribution >= 4 is 38.4 Å². The molecular weight excluding hydrogens is 248 g/mol. The molecule has 17 heavy (non-hydrogen) atoms. The Morgan fingerprint density at radius 1 is 1.35 bits per heavy atom. The van der Waals surface area contributed by atoms with Crippen LogP contribution in [0.25, 0.3) is 10.2 Å². The molecule has 4 heteroatoms. The molecule has 0 spiro atoms. The molecule has 0 aliphatic carbocycles. The van der Waals surface area contributed by atoms with Crippen molar-refractivity contribution in [3.63, 3.8) is 0 Å². The van der Waals surface area contributed by atoms with Gasteiger partial charge in [-0.05, 0) is 30.9 Å². The van der Waals surface area contributed by atoms with Gasteiger partial charge < -0.3 is 4.90 Å². The van der Waals surface area contributed by atoms with E-state index in [1.165, 1.54) is 9.60 Å². The summed E-state index contributed by atoms with van der Waals surface area (Å²) in [6, 6.07) is 6.51. The first-order valence-corrected chi connectivity index (χ1v) is 7.75. The second-order valence-corrected chi connectivity index (χ2v) is 5.92. The first-order chi connectivity index (χ1) is 8.36. The molecule has 0 N–H and O–H groups in total. The highest BCUT2D eigenvalue weighted by Crippen LogP contribution is 2.31. The van der Waals surface area contributed by atoms with Crippen molar-refractivity contribution < 1.29 is 0 Å². The van der Waals surface area contributed by atoms with Gasteiger partial charge in [0, 0.05) is 18.0 Å². The van der Waals surface area contributed by atoms with Crippen LogP contribution in [0.3, 0.4) is 0 Å². The first kappa shape index (κ1) is 11.1. The molecule has 88 valence electrons. The lowest BCUT2D eigenvalue weighted by Crippen LogP contribution is -2.26. The number of rotatable bonds is 2. The molecule has 2 aromatic rings. The Labute approximate surface area is 109 Å². The van der Waals surface area contributed by atoms with Gasteiger partial charge in [0.25, 0.3) is 0 Å². The van der Waals surface area contributed by atoms with Gasteiger partial charge in [-0.15, -0.1) is 11.8 Å². The SMILES string of the molecule is CSc1ccc2nc(N3CC=CCC3)sc2c1. The summed E-state index contributed by atoms with van der Waals surface area (Å²) < 4.78 is 1.29. The molecule has 0 amide bonds. The number of hydrogen-bond donors (Lipinski definition) is 0. The zero-order chi connectivity index (χ0) is 11.7. The lowest BCUT2D eigenvalue weighted by atomic mass is 10.3. The normalized spacial score (nSPS) is 15.7. The quantitative estimate of drug-likeness (QED) is 0.605. The fraction of sp³-hybridized carbons (Fsp3) is 0.308. The van der Waals surface area contributed by atoms with Crippen molar-refractivity contribution in [3.05, 3.63) is 30.4 Å². The number of benzene rings is 1. The lowest BCUT2D eigenvalue weighted by molar-refractivity contribution is 0.818. The summed E-state index contributed by atoms with van der Waals surface area (Å²) in [6.45, 7) is 2.08. The van der Waals surface area contributed by atoms with Gasteiger partial charge in [0.05, 0.1) is 10.2 Å². The highest BCUT2D eigenvalue weighted by Gasteiger charge is 2.12. The highest BCUT2D eigenvalue weighted by atomic mass is 32.2. The van der Waals surface area contributed by atoms with Crippen LogP contribution in [0, 0.1) is 0 Å². The third kappa shape index (κ3) is 2.19. The first-order valence-electron chi connectivity index (χ1n) is 5.71. The minimum Gasteiger partial charge on any atom is -0.344 e.